The Kier molecular flexibility index (Phi) is 5.05. The van der Waals surface area contributed by atoms with Gasteiger partial charge in [-0.05, 0) is 67.8 Å². The monoisotopic (exact) mass is 397 g/mol. The minimum Gasteiger partial charge on any atom is -0.380 e. The molecular formula is C24H35N3O2. The molecule has 1 amide bonds. The smallest absolute Gasteiger partial charge is 0.255 e. The number of nitrogens with zero attached hydrogens (tertiary/aromatic N) is 2. The Morgan fingerprint density at radius 2 is 1.97 bits per heavy atom. The largest absolute Gasteiger partial charge is 0.380 e. The molecule has 1 N–H and O–H groups in total. The molecule has 1 aliphatic heterocycles. The van der Waals surface area contributed by atoms with Crippen molar-refractivity contribution in [2.45, 2.75) is 83.1 Å². The molecule has 3 atom stereocenters. The Labute approximate surface area is 174 Å². The van der Waals surface area contributed by atoms with Crippen molar-refractivity contribution in [2.75, 3.05) is 31.6 Å². The van der Waals surface area contributed by atoms with E-state index in [2.05, 4.69) is 19.2 Å². The van der Waals surface area contributed by atoms with Crippen LogP contribution in [0.15, 0.2) is 6.20 Å². The first-order valence-electron chi connectivity index (χ1n) is 11.7. The summed E-state index contributed by atoms with van der Waals surface area (Å²) in [7, 11) is 0. The number of hydrogen-bond acceptors (Lipinski definition) is 4. The molecule has 0 aromatic carbocycles. The number of rotatable bonds is 3. The number of nitrogens with one attached hydrogen (secondary N) is 1. The van der Waals surface area contributed by atoms with Crippen LogP contribution in [0.25, 0.3) is 0 Å². The molecule has 2 bridgehead atoms. The molecule has 0 radical (unpaired) electrons. The third-order valence-corrected chi connectivity index (χ3v) is 7.69. The summed E-state index contributed by atoms with van der Waals surface area (Å²) in [5.41, 5.74) is 3.97. The van der Waals surface area contributed by atoms with Crippen LogP contribution >= 0.6 is 0 Å². The summed E-state index contributed by atoms with van der Waals surface area (Å²) in [6.07, 6.45) is 11.5. The number of ether oxygens (including phenoxy) is 1. The van der Waals surface area contributed by atoms with Gasteiger partial charge >= 0.3 is 0 Å². The minimum atomic E-state index is 0.164. The number of carbonyl (C=O) groups excluding carboxylic acids is 1. The lowest BCUT2D eigenvalue weighted by atomic mass is 9.75. The van der Waals surface area contributed by atoms with Crippen LogP contribution in [0.2, 0.25) is 0 Å². The molecule has 158 valence electrons. The lowest BCUT2D eigenvalue weighted by Crippen LogP contribution is -2.35. The van der Waals surface area contributed by atoms with E-state index in [9.17, 15) is 4.79 Å². The van der Waals surface area contributed by atoms with Gasteiger partial charge in [0.05, 0.1) is 12.2 Å². The molecule has 0 spiro atoms. The first-order valence-corrected chi connectivity index (χ1v) is 11.7. The number of amides is 1. The second-order valence-electron chi connectivity index (χ2n) is 10.4. The summed E-state index contributed by atoms with van der Waals surface area (Å²) < 4.78 is 5.55. The Balaban J connectivity index is 1.44. The van der Waals surface area contributed by atoms with E-state index < -0.39 is 0 Å². The first-order chi connectivity index (χ1) is 14.0. The van der Waals surface area contributed by atoms with Crippen molar-refractivity contribution in [3.05, 3.63) is 22.9 Å². The summed E-state index contributed by atoms with van der Waals surface area (Å²) >= 11 is 0. The fraction of sp³-hybridized carbons (Fsp3) is 0.750. The molecule has 1 aromatic heterocycles. The van der Waals surface area contributed by atoms with E-state index in [4.69, 9.17) is 9.72 Å². The summed E-state index contributed by atoms with van der Waals surface area (Å²) in [6.45, 7) is 7.65. The van der Waals surface area contributed by atoms with E-state index in [1.165, 1.54) is 56.1 Å². The lowest BCUT2D eigenvalue weighted by Gasteiger charge is -2.36. The third kappa shape index (κ3) is 3.67. The molecule has 2 saturated carbocycles. The Hall–Kier alpha value is -1.62. The SMILES string of the molecule is CC1(C)CCCC(Nc2ncc(C(=O)N3CCCOCC3)c3c2C2CCC3C2)C1. The van der Waals surface area contributed by atoms with Crippen molar-refractivity contribution >= 4 is 11.7 Å². The van der Waals surface area contributed by atoms with Crippen LogP contribution in [-0.2, 0) is 4.74 Å². The van der Waals surface area contributed by atoms with Crippen LogP contribution in [0.5, 0.6) is 0 Å². The fourth-order valence-electron chi connectivity index (χ4n) is 6.32. The van der Waals surface area contributed by atoms with Crippen LogP contribution in [-0.4, -0.2) is 48.1 Å². The topological polar surface area (TPSA) is 54.5 Å². The number of pyridine rings is 1. The van der Waals surface area contributed by atoms with Gasteiger partial charge in [0.15, 0.2) is 0 Å². The van der Waals surface area contributed by atoms with E-state index in [1.54, 1.807) is 0 Å². The van der Waals surface area contributed by atoms with Gasteiger partial charge in [-0.15, -0.1) is 0 Å². The Morgan fingerprint density at radius 1 is 1.14 bits per heavy atom. The van der Waals surface area contributed by atoms with Gasteiger partial charge in [0, 0.05) is 37.5 Å². The zero-order chi connectivity index (χ0) is 20.0. The van der Waals surface area contributed by atoms with E-state index in [0.717, 1.165) is 31.0 Å². The molecule has 3 unspecified atom stereocenters. The zero-order valence-electron chi connectivity index (χ0n) is 18.0. The number of aromatic nitrogens is 1. The van der Waals surface area contributed by atoms with Crippen molar-refractivity contribution in [1.82, 2.24) is 9.88 Å². The molecule has 1 saturated heterocycles. The van der Waals surface area contributed by atoms with Crippen molar-refractivity contribution < 1.29 is 9.53 Å². The van der Waals surface area contributed by atoms with E-state index >= 15 is 0 Å². The lowest BCUT2D eigenvalue weighted by molar-refractivity contribution is 0.0739. The van der Waals surface area contributed by atoms with Crippen molar-refractivity contribution in [3.63, 3.8) is 0 Å². The predicted octanol–water partition coefficient (Wildman–Crippen LogP) is 4.69. The van der Waals surface area contributed by atoms with Gasteiger partial charge in [-0.3, -0.25) is 4.79 Å². The molecule has 3 aliphatic carbocycles. The predicted molar refractivity (Wildman–Crippen MR) is 115 cm³/mol. The van der Waals surface area contributed by atoms with Gasteiger partial charge in [0.2, 0.25) is 0 Å². The highest BCUT2D eigenvalue weighted by Gasteiger charge is 2.43. The van der Waals surface area contributed by atoms with Crippen LogP contribution in [0.3, 0.4) is 0 Å². The molecule has 1 aromatic rings. The summed E-state index contributed by atoms with van der Waals surface area (Å²) in [4.78, 5) is 20.2. The van der Waals surface area contributed by atoms with Crippen LogP contribution in [0.1, 0.15) is 98.5 Å². The zero-order valence-corrected chi connectivity index (χ0v) is 18.0. The molecule has 5 heteroatoms. The quantitative estimate of drug-likeness (QED) is 0.804. The summed E-state index contributed by atoms with van der Waals surface area (Å²) in [6, 6.07) is 0.499. The first kappa shape index (κ1) is 19.3. The van der Waals surface area contributed by atoms with E-state index in [-0.39, 0.29) is 5.91 Å². The van der Waals surface area contributed by atoms with Gasteiger partial charge in [-0.25, -0.2) is 4.98 Å². The van der Waals surface area contributed by atoms with E-state index in [1.807, 2.05) is 11.1 Å². The van der Waals surface area contributed by atoms with Gasteiger partial charge in [-0.2, -0.15) is 0 Å². The second kappa shape index (κ2) is 7.57. The highest BCUT2D eigenvalue weighted by Crippen LogP contribution is 2.56. The summed E-state index contributed by atoms with van der Waals surface area (Å²) in [5.74, 6) is 2.37. The summed E-state index contributed by atoms with van der Waals surface area (Å²) in [5, 5.41) is 3.82. The highest BCUT2D eigenvalue weighted by molar-refractivity contribution is 5.97. The third-order valence-electron chi connectivity index (χ3n) is 7.69. The van der Waals surface area contributed by atoms with Crippen LogP contribution in [0.4, 0.5) is 5.82 Å². The average Bonchev–Trinajstić information content (AvgIpc) is 3.20. The van der Waals surface area contributed by atoms with Gasteiger partial charge in [0.25, 0.3) is 5.91 Å². The van der Waals surface area contributed by atoms with Gasteiger partial charge in [0.1, 0.15) is 5.82 Å². The maximum Gasteiger partial charge on any atom is 0.255 e. The molecule has 5 rings (SSSR count). The minimum absolute atomic E-state index is 0.164. The van der Waals surface area contributed by atoms with Gasteiger partial charge < -0.3 is 15.0 Å². The number of carbonyl (C=O) groups is 1. The Bertz CT molecular complexity index is 783. The van der Waals surface area contributed by atoms with Crippen LogP contribution < -0.4 is 5.32 Å². The highest BCUT2D eigenvalue weighted by atomic mass is 16.5. The number of hydrogen-bond donors (Lipinski definition) is 1. The van der Waals surface area contributed by atoms with Crippen molar-refractivity contribution in [2.24, 2.45) is 5.41 Å². The number of anilines is 1. The maximum absolute atomic E-state index is 13.4. The average molecular weight is 398 g/mol. The second-order valence-corrected chi connectivity index (χ2v) is 10.4. The van der Waals surface area contributed by atoms with Crippen LogP contribution in [0, 0.1) is 5.41 Å². The number of fused-ring (bicyclic) bond motifs is 5. The standard InChI is InChI=1S/C24H35N3O2/c1-24(2)8-3-5-18(14-24)26-22-21-17-7-6-16(13-17)20(21)19(15-25-22)23(28)27-9-4-11-29-12-10-27/h15-18H,3-14H2,1-2H3,(H,25,26). The van der Waals surface area contributed by atoms with Crippen molar-refractivity contribution in [3.8, 4) is 0 Å². The molecule has 4 aliphatic rings. The Morgan fingerprint density at radius 3 is 2.79 bits per heavy atom. The normalized spacial score (nSPS) is 30.7. The van der Waals surface area contributed by atoms with Gasteiger partial charge in [-0.1, -0.05) is 20.3 Å². The molecule has 5 nitrogen and oxygen atoms in total. The molecule has 2 heterocycles. The molecule has 3 fully saturated rings. The van der Waals surface area contributed by atoms with Crippen molar-refractivity contribution in [1.29, 1.82) is 0 Å². The fourth-order valence-corrected chi connectivity index (χ4v) is 6.32. The van der Waals surface area contributed by atoms with E-state index in [0.29, 0.717) is 36.4 Å². The molecule has 29 heavy (non-hydrogen) atoms. The maximum atomic E-state index is 13.4. The molecular weight excluding hydrogens is 362 g/mol.